The summed E-state index contributed by atoms with van der Waals surface area (Å²) in [5.41, 5.74) is -0.268. The number of carbonyl (C=O) groups is 4. The lowest BCUT2D eigenvalue weighted by Crippen LogP contribution is -2.63. The fourth-order valence-electron chi connectivity index (χ4n) is 6.02. The van der Waals surface area contributed by atoms with Gasteiger partial charge in [-0.15, -0.1) is 0 Å². The lowest BCUT2D eigenvalue weighted by molar-refractivity contribution is -0.151. The Balaban J connectivity index is 1.61. The van der Waals surface area contributed by atoms with Gasteiger partial charge < -0.3 is 35.4 Å². The summed E-state index contributed by atoms with van der Waals surface area (Å²) in [5, 5.41) is 26.7. The molecule has 4 aliphatic rings. The van der Waals surface area contributed by atoms with Gasteiger partial charge in [0.05, 0.1) is 25.1 Å². The van der Waals surface area contributed by atoms with Crippen molar-refractivity contribution in [1.29, 1.82) is 0 Å². The van der Waals surface area contributed by atoms with Gasteiger partial charge in [-0.25, -0.2) is 0 Å². The van der Waals surface area contributed by atoms with Crippen LogP contribution < -0.4 is 10.6 Å². The zero-order valence-electron chi connectivity index (χ0n) is 22.9. The van der Waals surface area contributed by atoms with Crippen molar-refractivity contribution in [2.75, 3.05) is 39.3 Å². The number of piperazine rings is 1. The van der Waals surface area contributed by atoms with E-state index < -0.39 is 42.4 Å². The number of hydrogen-bond acceptors (Lipinski definition) is 8. The minimum absolute atomic E-state index is 0.0629. The smallest absolute Gasteiger partial charge is 0.244 e. The van der Waals surface area contributed by atoms with Gasteiger partial charge in [-0.1, -0.05) is 27.7 Å². The fourth-order valence-corrected chi connectivity index (χ4v) is 6.02. The maximum absolute atomic E-state index is 13.7. The third-order valence-electron chi connectivity index (χ3n) is 7.89. The first-order valence-electron chi connectivity index (χ1n) is 13.8. The summed E-state index contributed by atoms with van der Waals surface area (Å²) in [6.45, 7) is 9.64. The highest BCUT2D eigenvalue weighted by Crippen LogP contribution is 2.27. The summed E-state index contributed by atoms with van der Waals surface area (Å²) in [7, 11) is 0. The zero-order chi connectivity index (χ0) is 27.8. The van der Waals surface area contributed by atoms with Gasteiger partial charge in [0.25, 0.3) is 0 Å². The summed E-state index contributed by atoms with van der Waals surface area (Å²) in [4.78, 5) is 58.4. The number of rotatable bonds is 3. The van der Waals surface area contributed by atoms with E-state index in [2.05, 4.69) is 15.5 Å². The molecule has 4 aliphatic heterocycles. The molecule has 0 radical (unpaired) electrons. The van der Waals surface area contributed by atoms with Crippen LogP contribution in [0.1, 0.15) is 53.4 Å². The lowest BCUT2D eigenvalue weighted by atomic mass is 9.91. The minimum atomic E-state index is -1.28. The van der Waals surface area contributed by atoms with Gasteiger partial charge in [-0.05, 0) is 24.8 Å². The molecular formula is C26H43N5O7. The lowest BCUT2D eigenvalue weighted by Gasteiger charge is -2.42. The molecule has 4 N–H and O–H groups in total. The Morgan fingerprint density at radius 3 is 2.45 bits per heavy atom. The SMILES string of the molecule is CCCN1C[C@@H]2C[C@H]1C(=O)N1CCN(C(=O)CC(C)(C)C)[C@@H](C1)C(=O)NC[C@H]1O[C@@H](CC(=O)N2)[C@H](O)[C@@H]1O. The standard InChI is InChI=1S/C26H43N5O7/c1-5-6-29-13-15-9-16(29)25(37)30-7-8-31(21(33)11-26(2,3)4)17(14-30)24(36)27-12-19-23(35)22(34)18(38-19)10-20(32)28-15/h15-19,22-23,34-35H,5-14H2,1-4H3,(H,27,36)(H,28,32)/t15-,16-,17-,18-,19+,22-,23+/m0/s1. The molecule has 38 heavy (non-hydrogen) atoms. The molecular weight excluding hydrogens is 494 g/mol. The molecule has 4 amide bonds. The molecule has 0 aromatic rings. The van der Waals surface area contributed by atoms with Crippen LogP contribution in [0.4, 0.5) is 0 Å². The summed E-state index contributed by atoms with van der Waals surface area (Å²) < 4.78 is 5.77. The maximum Gasteiger partial charge on any atom is 0.244 e. The largest absolute Gasteiger partial charge is 0.388 e. The van der Waals surface area contributed by atoms with Crippen LogP contribution >= 0.6 is 0 Å². The number of aliphatic hydroxyl groups is 2. The predicted octanol–water partition coefficient (Wildman–Crippen LogP) is -1.56. The number of nitrogens with zero attached hydrogens (tertiary/aromatic N) is 3. The monoisotopic (exact) mass is 537 g/mol. The molecule has 0 aliphatic carbocycles. The van der Waals surface area contributed by atoms with Crippen LogP contribution in [0.25, 0.3) is 0 Å². The van der Waals surface area contributed by atoms with Gasteiger partial charge in [-0.3, -0.25) is 24.1 Å². The van der Waals surface area contributed by atoms with E-state index >= 15 is 0 Å². The molecule has 4 heterocycles. The second-order valence-corrected chi connectivity index (χ2v) is 12.3. The molecule has 4 saturated heterocycles. The van der Waals surface area contributed by atoms with E-state index in [1.165, 1.54) is 0 Å². The molecule has 0 saturated carbocycles. The Labute approximate surface area is 224 Å². The van der Waals surface area contributed by atoms with Crippen LogP contribution in [0.15, 0.2) is 0 Å². The van der Waals surface area contributed by atoms with E-state index in [-0.39, 0.29) is 61.7 Å². The third kappa shape index (κ3) is 6.30. The number of carbonyl (C=O) groups excluding carboxylic acids is 4. The fraction of sp³-hybridized carbons (Fsp3) is 0.846. The molecule has 214 valence electrons. The number of hydrogen-bond donors (Lipinski definition) is 4. The van der Waals surface area contributed by atoms with Gasteiger partial charge in [0.15, 0.2) is 0 Å². The number of aliphatic hydroxyl groups excluding tert-OH is 2. The molecule has 0 spiro atoms. The van der Waals surface area contributed by atoms with Gasteiger partial charge in [0.1, 0.15) is 24.4 Å². The molecule has 12 heteroatoms. The van der Waals surface area contributed by atoms with Crippen LogP contribution in [-0.4, -0.2) is 130 Å². The number of amides is 4. The summed E-state index contributed by atoms with van der Waals surface area (Å²) in [6, 6.07) is -1.57. The molecule has 4 rings (SSSR count). The Hall–Kier alpha value is -2.28. The summed E-state index contributed by atoms with van der Waals surface area (Å²) >= 11 is 0. The first-order valence-corrected chi connectivity index (χ1v) is 13.8. The average molecular weight is 538 g/mol. The minimum Gasteiger partial charge on any atom is -0.388 e. The first-order chi connectivity index (χ1) is 17.9. The van der Waals surface area contributed by atoms with E-state index in [0.29, 0.717) is 26.1 Å². The van der Waals surface area contributed by atoms with Gasteiger partial charge in [0, 0.05) is 38.6 Å². The second kappa shape index (κ2) is 11.4. The Morgan fingerprint density at radius 1 is 1.05 bits per heavy atom. The van der Waals surface area contributed by atoms with Crippen LogP contribution in [0.5, 0.6) is 0 Å². The predicted molar refractivity (Wildman–Crippen MR) is 137 cm³/mol. The zero-order valence-corrected chi connectivity index (χ0v) is 22.9. The van der Waals surface area contributed by atoms with Crippen LogP contribution in [0.3, 0.4) is 0 Å². The van der Waals surface area contributed by atoms with Crippen LogP contribution in [-0.2, 0) is 23.9 Å². The maximum atomic E-state index is 13.7. The third-order valence-corrected chi connectivity index (χ3v) is 7.89. The molecule has 7 atom stereocenters. The highest BCUT2D eigenvalue weighted by molar-refractivity contribution is 5.90. The number of likely N-dealkylation sites (tertiary alicyclic amines) is 1. The topological polar surface area (TPSA) is 152 Å². The van der Waals surface area contributed by atoms with Crippen LogP contribution in [0.2, 0.25) is 0 Å². The number of nitrogens with one attached hydrogen (secondary N) is 2. The summed E-state index contributed by atoms with van der Waals surface area (Å²) in [6.07, 6.45) is -2.98. The van der Waals surface area contributed by atoms with E-state index in [1.807, 2.05) is 27.7 Å². The van der Waals surface area contributed by atoms with Crippen LogP contribution in [0, 0.1) is 5.41 Å². The van der Waals surface area contributed by atoms with Gasteiger partial charge in [0.2, 0.25) is 23.6 Å². The molecule has 0 aromatic carbocycles. The molecule has 4 fully saturated rings. The number of ether oxygens (including phenoxy) is 1. The molecule has 0 aromatic heterocycles. The molecule has 12 nitrogen and oxygen atoms in total. The van der Waals surface area contributed by atoms with E-state index in [0.717, 1.165) is 6.42 Å². The highest BCUT2D eigenvalue weighted by atomic mass is 16.5. The Kier molecular flexibility index (Phi) is 8.65. The van der Waals surface area contributed by atoms with Crippen molar-refractivity contribution >= 4 is 23.6 Å². The van der Waals surface area contributed by atoms with E-state index in [4.69, 9.17) is 4.74 Å². The van der Waals surface area contributed by atoms with Crippen molar-refractivity contribution < 1.29 is 34.1 Å². The molecule has 6 bridgehead atoms. The first kappa shape index (κ1) is 28.7. The second-order valence-electron chi connectivity index (χ2n) is 12.3. The number of fused-ring (bicyclic) bond motifs is 6. The average Bonchev–Trinajstić information content (AvgIpc) is 3.35. The highest BCUT2D eigenvalue weighted by Gasteiger charge is 2.46. The normalized spacial score (nSPS) is 35.3. The van der Waals surface area contributed by atoms with Crippen molar-refractivity contribution in [3.8, 4) is 0 Å². The van der Waals surface area contributed by atoms with Crippen molar-refractivity contribution in [2.24, 2.45) is 5.41 Å². The van der Waals surface area contributed by atoms with E-state index in [9.17, 15) is 29.4 Å². The Bertz CT molecular complexity index is 924. The Morgan fingerprint density at radius 2 is 1.76 bits per heavy atom. The van der Waals surface area contributed by atoms with Crippen molar-refractivity contribution in [2.45, 2.75) is 95.9 Å². The van der Waals surface area contributed by atoms with Crippen molar-refractivity contribution in [1.82, 2.24) is 25.3 Å². The van der Waals surface area contributed by atoms with E-state index in [1.54, 1.807) is 9.80 Å². The summed E-state index contributed by atoms with van der Waals surface area (Å²) in [5.74, 6) is -1.02. The van der Waals surface area contributed by atoms with Crippen molar-refractivity contribution in [3.05, 3.63) is 0 Å². The van der Waals surface area contributed by atoms with Gasteiger partial charge in [-0.2, -0.15) is 0 Å². The van der Waals surface area contributed by atoms with Crippen molar-refractivity contribution in [3.63, 3.8) is 0 Å². The quantitative estimate of drug-likeness (QED) is 0.337. The molecule has 0 unspecified atom stereocenters. The van der Waals surface area contributed by atoms with Gasteiger partial charge >= 0.3 is 0 Å².